The Kier molecular flexibility index (Phi) is 19.3. The fourth-order valence-electron chi connectivity index (χ4n) is 1.81. The zero-order valence-corrected chi connectivity index (χ0v) is 14.6. The number of allylic oxidation sites excluding steroid dienone is 2. The zero-order chi connectivity index (χ0) is 12.2. The quantitative estimate of drug-likeness (QED) is 0.400. The van der Waals surface area contributed by atoms with Crippen molar-refractivity contribution in [1.82, 2.24) is 6.15 Å². The van der Waals surface area contributed by atoms with E-state index in [1.54, 1.807) is 0 Å². The van der Waals surface area contributed by atoms with E-state index in [9.17, 15) is 0 Å². The van der Waals surface area contributed by atoms with Crippen LogP contribution in [0, 0.1) is 0 Å². The minimum atomic E-state index is 0. The van der Waals surface area contributed by atoms with Crippen LogP contribution in [0.2, 0.25) is 0 Å². The Bertz CT molecular complexity index is 206. The van der Waals surface area contributed by atoms with Crippen molar-refractivity contribution in [2.75, 3.05) is 13.2 Å². The molecule has 5 nitrogen and oxygen atoms in total. The van der Waals surface area contributed by atoms with Gasteiger partial charge in [-0.15, -0.1) is 0 Å². The first-order chi connectivity index (χ1) is 8.43. The van der Waals surface area contributed by atoms with E-state index in [4.69, 9.17) is 14.8 Å². The number of unbranched alkanes of at least 4 members (excludes halogenated alkanes) is 2. The second kappa shape index (κ2) is 16.7. The average Bonchev–Trinajstić information content (AvgIpc) is 2.30. The monoisotopic (exact) mass is 348 g/mol. The fraction of sp³-hybridized carbons (Fsp3) is 0.846. The van der Waals surface area contributed by atoms with Crippen LogP contribution in [-0.2, 0) is 42.4 Å². The summed E-state index contributed by atoms with van der Waals surface area (Å²) in [5.41, 5.74) is 3.68. The Morgan fingerprint density at radius 3 is 2.68 bits per heavy atom. The molecule has 0 aromatic rings. The van der Waals surface area contributed by atoms with Gasteiger partial charge < -0.3 is 26.6 Å². The Hall–Kier alpha value is 0.644. The maximum Gasteiger partial charge on any atom is 0.0431 e. The molecule has 0 fully saturated rings. The largest absolute Gasteiger partial charge is 0.462 e. The average molecular weight is 348 g/mol. The molecule has 0 saturated carbocycles. The van der Waals surface area contributed by atoms with Gasteiger partial charge in [0.2, 0.25) is 0 Å². The molecule has 0 aromatic carbocycles. The third-order valence-electron chi connectivity index (χ3n) is 2.86. The molecule has 0 saturated heterocycles. The van der Waals surface area contributed by atoms with Crippen molar-refractivity contribution < 1.29 is 47.5 Å². The van der Waals surface area contributed by atoms with Gasteiger partial charge in [-0.1, -0.05) is 12.2 Å². The second-order valence-electron chi connectivity index (χ2n) is 4.40. The van der Waals surface area contributed by atoms with Crippen molar-refractivity contribution in [3.05, 3.63) is 17.8 Å². The smallest absolute Gasteiger partial charge is 0.0431 e. The predicted molar refractivity (Wildman–Crippen MR) is 72.4 cm³/mol. The van der Waals surface area contributed by atoms with Crippen molar-refractivity contribution in [3.8, 4) is 0 Å². The van der Waals surface area contributed by atoms with Gasteiger partial charge in [0.25, 0.3) is 0 Å². The summed E-state index contributed by atoms with van der Waals surface area (Å²) < 4.78 is 0. The van der Waals surface area contributed by atoms with Crippen LogP contribution in [0.4, 0.5) is 0 Å². The summed E-state index contributed by atoms with van der Waals surface area (Å²) >= 11 is 0. The number of aliphatic hydroxyl groups is 1. The minimum Gasteiger partial charge on any atom is -0.462 e. The third-order valence-corrected chi connectivity index (χ3v) is 2.86. The van der Waals surface area contributed by atoms with Crippen molar-refractivity contribution in [2.24, 2.45) is 0 Å². The second-order valence-corrected chi connectivity index (χ2v) is 4.40. The van der Waals surface area contributed by atoms with Gasteiger partial charge in [0, 0.05) is 52.0 Å². The molecule has 19 heavy (non-hydrogen) atoms. The molecule has 0 aliphatic heterocycles. The van der Waals surface area contributed by atoms with Gasteiger partial charge in [0.05, 0.1) is 0 Å². The van der Waals surface area contributed by atoms with Crippen molar-refractivity contribution >= 4 is 0 Å². The van der Waals surface area contributed by atoms with E-state index in [0.29, 0.717) is 6.61 Å². The van der Waals surface area contributed by atoms with Gasteiger partial charge in [-0.25, -0.2) is 0 Å². The topological polar surface area (TPSA) is 87.8 Å². The molecular weight excluding hydrogens is 321 g/mol. The van der Waals surface area contributed by atoms with Crippen LogP contribution >= 0.6 is 0 Å². The molecule has 6 heteroatoms. The van der Waals surface area contributed by atoms with Gasteiger partial charge in [-0.3, -0.25) is 0 Å². The van der Waals surface area contributed by atoms with Crippen LogP contribution in [0.15, 0.2) is 12.2 Å². The Morgan fingerprint density at radius 1 is 1.11 bits per heavy atom. The summed E-state index contributed by atoms with van der Waals surface area (Å²) in [7, 11) is 0. The van der Waals surface area contributed by atoms with Crippen LogP contribution in [0.3, 0.4) is 0 Å². The molecule has 1 aliphatic carbocycles. The Morgan fingerprint density at radius 2 is 1.89 bits per heavy atom. The van der Waals surface area contributed by atoms with E-state index in [1.165, 1.54) is 0 Å². The molecule has 0 aromatic heterocycles. The molecule has 0 amide bonds. The van der Waals surface area contributed by atoms with E-state index in [-0.39, 0.29) is 51.6 Å². The van der Waals surface area contributed by atoms with Crippen molar-refractivity contribution in [1.29, 1.82) is 0 Å². The first-order valence-corrected chi connectivity index (χ1v) is 6.67. The number of hydrogen-bond donors (Lipinski definition) is 2. The third kappa shape index (κ3) is 13.4. The van der Waals surface area contributed by atoms with Gasteiger partial charge >= 0.3 is 0 Å². The molecule has 4 N–H and O–H groups in total. The van der Waals surface area contributed by atoms with E-state index < -0.39 is 0 Å². The molecule has 1 rings (SSSR count). The van der Waals surface area contributed by atoms with Crippen LogP contribution < -0.4 is 6.15 Å². The summed E-state index contributed by atoms with van der Waals surface area (Å²) in [6, 6.07) is 0. The van der Waals surface area contributed by atoms with Gasteiger partial charge in [-0.05, 0) is 51.4 Å². The molecule has 1 unspecified atom stereocenters. The van der Waals surface area contributed by atoms with Gasteiger partial charge in [-0.2, -0.15) is 0 Å². The van der Waals surface area contributed by atoms with Crippen molar-refractivity contribution in [2.45, 2.75) is 57.5 Å². The molecule has 0 heterocycles. The first kappa shape index (κ1) is 21.9. The summed E-state index contributed by atoms with van der Waals surface area (Å²) in [6.45, 7) is 0.829. The zero-order valence-electron chi connectivity index (χ0n) is 11.8. The summed E-state index contributed by atoms with van der Waals surface area (Å²) in [4.78, 5) is 10.4. The van der Waals surface area contributed by atoms with Crippen molar-refractivity contribution in [3.63, 3.8) is 0 Å². The fourth-order valence-corrected chi connectivity index (χ4v) is 1.81. The maximum atomic E-state index is 8.59. The van der Waals surface area contributed by atoms with Crippen LogP contribution in [-0.4, -0.2) is 24.4 Å². The summed E-state index contributed by atoms with van der Waals surface area (Å²) in [5.74, 6) is 0. The van der Waals surface area contributed by atoms with E-state index in [1.807, 2.05) is 0 Å². The van der Waals surface area contributed by atoms with E-state index in [2.05, 4.69) is 17.8 Å². The summed E-state index contributed by atoms with van der Waals surface area (Å²) in [6.07, 6.45) is 12.8. The standard InChI is InChI=1S/C13H24NO3.H3N.Y/c15-11-7-4-8-12-16-14-17-13-9-5-2-1-3-6-10-13;;/h1-2,13,15H,3-12H2;1H3;/q-1;;/b2-1+;;. The maximum absolute atomic E-state index is 8.59. The van der Waals surface area contributed by atoms with Crippen LogP contribution in [0.5, 0.6) is 0 Å². The molecule has 1 radical (unpaired) electrons. The SMILES string of the molecule is N.OCCCCCO[N-]OC1CC/C=C/CCC1.[Y]. The van der Waals surface area contributed by atoms with E-state index >= 15 is 0 Å². The molecule has 111 valence electrons. The van der Waals surface area contributed by atoms with Crippen LogP contribution in [0.25, 0.3) is 5.64 Å². The van der Waals surface area contributed by atoms with Crippen LogP contribution in [0.1, 0.15) is 51.4 Å². The number of aliphatic hydroxyl groups excluding tert-OH is 1. The van der Waals surface area contributed by atoms with E-state index in [0.717, 1.165) is 51.4 Å². The number of hydrogen-bond acceptors (Lipinski definition) is 4. The molecular formula is C13H27N2O3Y-. The molecule has 1 atom stereocenters. The number of nitrogens with zero attached hydrogens (tertiary/aromatic N) is 1. The first-order valence-electron chi connectivity index (χ1n) is 6.67. The Balaban J connectivity index is 0. The summed E-state index contributed by atoms with van der Waals surface area (Å²) in [5, 5.41) is 8.59. The normalized spacial score (nSPS) is 20.6. The Labute approximate surface area is 141 Å². The predicted octanol–water partition coefficient (Wildman–Crippen LogP) is 3.43. The van der Waals surface area contributed by atoms with Gasteiger partial charge in [0.1, 0.15) is 0 Å². The number of rotatable bonds is 8. The van der Waals surface area contributed by atoms with Gasteiger partial charge in [0.15, 0.2) is 0 Å². The minimum absolute atomic E-state index is 0. The molecule has 0 bridgehead atoms. The molecule has 0 spiro atoms. The molecule has 1 aliphatic rings.